The number of methoxy groups -OCH3 is 1. The first-order valence-electron chi connectivity index (χ1n) is 10.3. The predicted molar refractivity (Wildman–Crippen MR) is 125 cm³/mol. The van der Waals surface area contributed by atoms with E-state index in [9.17, 15) is 13.2 Å². The van der Waals surface area contributed by atoms with Gasteiger partial charge in [0.15, 0.2) is 0 Å². The second-order valence-electron chi connectivity index (χ2n) is 7.47. The Bertz CT molecular complexity index is 1030. The number of benzene rings is 2. The topological polar surface area (TPSA) is 84.9 Å². The fourth-order valence-electron chi connectivity index (χ4n) is 3.53. The highest BCUT2D eigenvalue weighted by atomic mass is 35.5. The smallest absolute Gasteiger partial charge is 0.224 e. The SMILES string of the molecule is COc1cccc(OCCNC(=O)[C@H]2CCCN(S(=O)(=O)Cc3c(Cl)cccc3Cl)C2)c1. The second kappa shape index (κ2) is 11.2. The first kappa shape index (κ1) is 24.6. The van der Waals surface area contributed by atoms with Gasteiger partial charge >= 0.3 is 0 Å². The first-order chi connectivity index (χ1) is 15.3. The van der Waals surface area contributed by atoms with Crippen LogP contribution >= 0.6 is 23.2 Å². The third-order valence-electron chi connectivity index (χ3n) is 5.25. The summed E-state index contributed by atoms with van der Waals surface area (Å²) in [7, 11) is -2.09. The number of sulfonamides is 1. The molecule has 1 heterocycles. The van der Waals surface area contributed by atoms with Gasteiger partial charge in [-0.2, -0.15) is 0 Å². The molecule has 1 aliphatic heterocycles. The Balaban J connectivity index is 1.51. The van der Waals surface area contributed by atoms with E-state index in [0.29, 0.717) is 59.6 Å². The average Bonchev–Trinajstić information content (AvgIpc) is 2.79. The molecule has 1 saturated heterocycles. The normalized spacial score (nSPS) is 17.0. The van der Waals surface area contributed by atoms with Crippen LogP contribution in [0.2, 0.25) is 10.0 Å². The summed E-state index contributed by atoms with van der Waals surface area (Å²) in [6, 6.07) is 12.1. The average molecular weight is 501 g/mol. The Labute approximate surface area is 198 Å². The number of amides is 1. The number of halogens is 2. The van der Waals surface area contributed by atoms with Crippen molar-refractivity contribution in [1.82, 2.24) is 9.62 Å². The number of hydrogen-bond acceptors (Lipinski definition) is 5. The second-order valence-corrected chi connectivity index (χ2v) is 10.3. The molecule has 3 rings (SSSR count). The molecule has 1 N–H and O–H groups in total. The van der Waals surface area contributed by atoms with E-state index >= 15 is 0 Å². The van der Waals surface area contributed by atoms with Gasteiger partial charge in [0.25, 0.3) is 0 Å². The third kappa shape index (κ3) is 6.51. The Morgan fingerprint density at radius 3 is 2.56 bits per heavy atom. The van der Waals surface area contributed by atoms with Gasteiger partial charge in [0.2, 0.25) is 15.9 Å². The van der Waals surface area contributed by atoms with Crippen LogP contribution in [-0.2, 0) is 20.6 Å². The van der Waals surface area contributed by atoms with Crippen LogP contribution in [-0.4, -0.2) is 52.0 Å². The van der Waals surface area contributed by atoms with Gasteiger partial charge in [-0.3, -0.25) is 4.79 Å². The highest BCUT2D eigenvalue weighted by Crippen LogP contribution is 2.29. The van der Waals surface area contributed by atoms with Crippen molar-refractivity contribution in [3.63, 3.8) is 0 Å². The van der Waals surface area contributed by atoms with Crippen molar-refractivity contribution in [3.05, 3.63) is 58.1 Å². The zero-order chi connectivity index (χ0) is 23.1. The molecular weight excluding hydrogens is 475 g/mol. The van der Waals surface area contributed by atoms with Gasteiger partial charge in [-0.1, -0.05) is 35.3 Å². The van der Waals surface area contributed by atoms with Crippen LogP contribution in [0.1, 0.15) is 18.4 Å². The molecule has 1 amide bonds. The Morgan fingerprint density at radius 1 is 1.16 bits per heavy atom. The molecule has 0 spiro atoms. The van der Waals surface area contributed by atoms with E-state index in [-0.39, 0.29) is 18.2 Å². The number of ether oxygens (including phenoxy) is 2. The van der Waals surface area contributed by atoms with Crippen LogP contribution in [0.3, 0.4) is 0 Å². The van der Waals surface area contributed by atoms with Crippen LogP contribution in [0.25, 0.3) is 0 Å². The van der Waals surface area contributed by atoms with Crippen molar-refractivity contribution >= 4 is 39.1 Å². The summed E-state index contributed by atoms with van der Waals surface area (Å²) in [6.45, 7) is 1.10. The molecule has 10 heteroatoms. The Kier molecular flexibility index (Phi) is 8.64. The van der Waals surface area contributed by atoms with Gasteiger partial charge in [-0.15, -0.1) is 0 Å². The minimum absolute atomic E-state index is 0.132. The number of carbonyl (C=O) groups excluding carboxylic acids is 1. The molecule has 32 heavy (non-hydrogen) atoms. The largest absolute Gasteiger partial charge is 0.497 e. The zero-order valence-electron chi connectivity index (χ0n) is 17.7. The molecule has 174 valence electrons. The molecule has 2 aromatic rings. The lowest BCUT2D eigenvalue weighted by molar-refractivity contribution is -0.126. The molecule has 7 nitrogen and oxygen atoms in total. The summed E-state index contributed by atoms with van der Waals surface area (Å²) in [4.78, 5) is 12.6. The van der Waals surface area contributed by atoms with Crippen molar-refractivity contribution in [2.24, 2.45) is 5.92 Å². The molecule has 1 atom stereocenters. The molecule has 0 aromatic heterocycles. The van der Waals surface area contributed by atoms with Crippen LogP contribution < -0.4 is 14.8 Å². The fourth-order valence-corrected chi connectivity index (χ4v) is 5.89. The van der Waals surface area contributed by atoms with E-state index < -0.39 is 15.9 Å². The lowest BCUT2D eigenvalue weighted by Gasteiger charge is -2.31. The van der Waals surface area contributed by atoms with Crippen LogP contribution in [0, 0.1) is 5.92 Å². The summed E-state index contributed by atoms with van der Waals surface area (Å²) < 4.78 is 38.0. The first-order valence-corrected chi connectivity index (χ1v) is 12.6. The molecule has 1 fully saturated rings. The van der Waals surface area contributed by atoms with Gasteiger partial charge < -0.3 is 14.8 Å². The summed E-state index contributed by atoms with van der Waals surface area (Å²) >= 11 is 12.3. The lowest BCUT2D eigenvalue weighted by Crippen LogP contribution is -2.46. The molecular formula is C22H26Cl2N2O5S. The molecule has 0 radical (unpaired) electrons. The summed E-state index contributed by atoms with van der Waals surface area (Å²) in [5.41, 5.74) is 0.372. The standard InChI is InChI=1S/C22H26Cl2N2O5S/c1-30-17-6-2-7-18(13-17)31-12-10-25-22(27)16-5-4-11-26(14-16)32(28,29)15-19-20(23)8-3-9-21(19)24/h2-3,6-9,13,16H,4-5,10-12,14-15H2,1H3,(H,25,27)/t16-/m0/s1. The summed E-state index contributed by atoms with van der Waals surface area (Å²) in [6.07, 6.45) is 1.23. The quantitative estimate of drug-likeness (QED) is 0.530. The lowest BCUT2D eigenvalue weighted by atomic mass is 9.99. The van der Waals surface area contributed by atoms with Gasteiger partial charge in [0.1, 0.15) is 18.1 Å². The van der Waals surface area contributed by atoms with Crippen molar-refractivity contribution in [1.29, 1.82) is 0 Å². The van der Waals surface area contributed by atoms with E-state index in [2.05, 4.69) is 5.32 Å². The maximum absolute atomic E-state index is 12.9. The maximum atomic E-state index is 12.9. The number of hydrogen-bond donors (Lipinski definition) is 1. The predicted octanol–water partition coefficient (Wildman–Crippen LogP) is 3.74. The number of nitrogens with zero attached hydrogens (tertiary/aromatic N) is 1. The monoisotopic (exact) mass is 500 g/mol. The van der Waals surface area contributed by atoms with Crippen molar-refractivity contribution < 1.29 is 22.7 Å². The molecule has 0 saturated carbocycles. The third-order valence-corrected chi connectivity index (χ3v) is 7.73. The van der Waals surface area contributed by atoms with Crippen molar-refractivity contribution in [3.8, 4) is 11.5 Å². The maximum Gasteiger partial charge on any atom is 0.224 e. The Morgan fingerprint density at radius 2 is 1.84 bits per heavy atom. The minimum Gasteiger partial charge on any atom is -0.497 e. The van der Waals surface area contributed by atoms with E-state index in [4.69, 9.17) is 32.7 Å². The summed E-state index contributed by atoms with van der Waals surface area (Å²) in [5, 5.41) is 3.45. The molecule has 0 bridgehead atoms. The highest BCUT2D eigenvalue weighted by Gasteiger charge is 2.33. The number of carbonyl (C=O) groups is 1. The number of piperidine rings is 1. The van der Waals surface area contributed by atoms with Crippen molar-refractivity contribution in [2.75, 3.05) is 33.4 Å². The van der Waals surface area contributed by atoms with E-state index in [1.807, 2.05) is 12.1 Å². The number of nitrogens with one attached hydrogen (secondary N) is 1. The van der Waals surface area contributed by atoms with E-state index in [1.165, 1.54) is 4.31 Å². The van der Waals surface area contributed by atoms with Gasteiger partial charge in [-0.05, 0) is 37.1 Å². The van der Waals surface area contributed by atoms with Gasteiger partial charge in [-0.25, -0.2) is 12.7 Å². The molecule has 0 aliphatic carbocycles. The van der Waals surface area contributed by atoms with E-state index in [1.54, 1.807) is 37.4 Å². The Hall–Kier alpha value is -2.00. The highest BCUT2D eigenvalue weighted by molar-refractivity contribution is 7.88. The van der Waals surface area contributed by atoms with Crippen LogP contribution in [0.5, 0.6) is 11.5 Å². The van der Waals surface area contributed by atoms with E-state index in [0.717, 1.165) is 0 Å². The molecule has 0 unspecified atom stereocenters. The van der Waals surface area contributed by atoms with Crippen LogP contribution in [0.15, 0.2) is 42.5 Å². The zero-order valence-corrected chi connectivity index (χ0v) is 20.0. The van der Waals surface area contributed by atoms with Gasteiger partial charge in [0, 0.05) is 34.8 Å². The molecule has 1 aliphatic rings. The minimum atomic E-state index is -3.67. The van der Waals surface area contributed by atoms with Gasteiger partial charge in [0.05, 0.1) is 25.3 Å². The summed E-state index contributed by atoms with van der Waals surface area (Å²) in [5.74, 6) is 0.431. The fraction of sp³-hybridized carbons (Fsp3) is 0.409. The van der Waals surface area contributed by atoms with Crippen molar-refractivity contribution in [2.45, 2.75) is 18.6 Å². The molecule has 2 aromatic carbocycles. The van der Waals surface area contributed by atoms with Crippen LogP contribution in [0.4, 0.5) is 0 Å². The number of rotatable bonds is 9.